The molecule has 1 aromatic heterocycles. The Morgan fingerprint density at radius 1 is 1.17 bits per heavy atom. The fourth-order valence-corrected chi connectivity index (χ4v) is 2.78. The Kier molecular flexibility index (Phi) is 4.69. The second-order valence-electron chi connectivity index (χ2n) is 4.83. The molecule has 0 fully saturated rings. The summed E-state index contributed by atoms with van der Waals surface area (Å²) in [5.41, 5.74) is 2.27. The summed E-state index contributed by atoms with van der Waals surface area (Å²) in [6, 6.07) is 16.9. The van der Waals surface area contributed by atoms with Crippen molar-refractivity contribution in [1.82, 2.24) is 10.2 Å². The lowest BCUT2D eigenvalue weighted by Gasteiger charge is -2.06. The molecule has 1 heterocycles. The molecule has 3 rings (SSSR count). The molecule has 3 aromatic rings. The highest BCUT2D eigenvalue weighted by Crippen LogP contribution is 2.24. The number of carbonyl (C=O) groups is 1. The molecule has 2 N–H and O–H groups in total. The normalized spacial score (nSPS) is 10.5. The summed E-state index contributed by atoms with van der Waals surface area (Å²) in [6.07, 6.45) is 1.95. The number of aromatic amines is 1. The first-order valence-electron chi connectivity index (χ1n) is 6.93. The Hall–Kier alpha value is -2.24. The summed E-state index contributed by atoms with van der Waals surface area (Å²) in [7, 11) is 0. The van der Waals surface area contributed by atoms with Crippen molar-refractivity contribution in [2.75, 3.05) is 11.6 Å². The first-order valence-corrected chi connectivity index (χ1v) is 8.53. The molecule has 1 amide bonds. The van der Waals surface area contributed by atoms with Gasteiger partial charge in [-0.25, -0.2) is 0 Å². The summed E-state index contributed by atoms with van der Waals surface area (Å²) in [6.45, 7) is 0. The zero-order chi connectivity index (χ0) is 16.2. The van der Waals surface area contributed by atoms with E-state index in [2.05, 4.69) is 15.5 Å². The number of anilines is 1. The third-order valence-electron chi connectivity index (χ3n) is 3.32. The molecule has 0 aliphatic carbocycles. The molecule has 0 aliphatic rings. The number of nitrogens with one attached hydrogen (secondary N) is 2. The molecular formula is C17H14ClN3OS. The molecular weight excluding hydrogens is 330 g/mol. The molecule has 0 bridgehead atoms. The topological polar surface area (TPSA) is 57.8 Å². The van der Waals surface area contributed by atoms with E-state index in [-0.39, 0.29) is 5.91 Å². The van der Waals surface area contributed by atoms with Crippen LogP contribution < -0.4 is 5.32 Å². The summed E-state index contributed by atoms with van der Waals surface area (Å²) in [4.78, 5) is 13.4. The van der Waals surface area contributed by atoms with E-state index in [1.54, 1.807) is 30.0 Å². The van der Waals surface area contributed by atoms with Gasteiger partial charge in [0.1, 0.15) is 0 Å². The number of H-pyrrole nitrogens is 1. The van der Waals surface area contributed by atoms with Crippen LogP contribution in [0.1, 0.15) is 10.4 Å². The first-order chi connectivity index (χ1) is 11.2. The maximum atomic E-state index is 12.4. The lowest BCUT2D eigenvalue weighted by atomic mass is 10.1. The number of aromatic nitrogens is 2. The molecule has 0 saturated carbocycles. The fourth-order valence-electron chi connectivity index (χ4n) is 2.14. The Labute approximate surface area is 143 Å². The molecule has 0 atom stereocenters. The number of thioether (sulfide) groups is 1. The van der Waals surface area contributed by atoms with Crippen molar-refractivity contribution in [3.8, 4) is 11.3 Å². The first kappa shape index (κ1) is 15.6. The van der Waals surface area contributed by atoms with Crippen LogP contribution in [-0.2, 0) is 0 Å². The van der Waals surface area contributed by atoms with Crippen molar-refractivity contribution >= 4 is 35.1 Å². The van der Waals surface area contributed by atoms with Crippen molar-refractivity contribution in [3.63, 3.8) is 0 Å². The largest absolute Gasteiger partial charge is 0.305 e. The molecule has 0 saturated heterocycles. The molecule has 0 aliphatic heterocycles. The van der Waals surface area contributed by atoms with Gasteiger partial charge >= 0.3 is 0 Å². The van der Waals surface area contributed by atoms with Gasteiger partial charge in [0.25, 0.3) is 5.91 Å². The summed E-state index contributed by atoms with van der Waals surface area (Å²) in [5.74, 6) is 0.177. The Morgan fingerprint density at radius 2 is 1.96 bits per heavy atom. The molecule has 0 spiro atoms. The predicted octanol–water partition coefficient (Wildman–Crippen LogP) is 4.70. The van der Waals surface area contributed by atoms with E-state index in [0.717, 1.165) is 16.2 Å². The molecule has 116 valence electrons. The number of nitrogens with zero attached hydrogens (tertiary/aromatic N) is 1. The van der Waals surface area contributed by atoms with Crippen LogP contribution in [0.2, 0.25) is 5.02 Å². The van der Waals surface area contributed by atoms with Crippen LogP contribution in [0.3, 0.4) is 0 Å². The minimum atomic E-state index is -0.281. The van der Waals surface area contributed by atoms with E-state index in [4.69, 9.17) is 11.6 Å². The minimum Gasteiger partial charge on any atom is -0.305 e. The van der Waals surface area contributed by atoms with Gasteiger partial charge in [0, 0.05) is 11.0 Å². The van der Waals surface area contributed by atoms with E-state index in [0.29, 0.717) is 16.4 Å². The average Bonchev–Trinajstić information content (AvgIpc) is 3.04. The summed E-state index contributed by atoms with van der Waals surface area (Å²) >= 11 is 7.67. The second kappa shape index (κ2) is 6.89. The van der Waals surface area contributed by atoms with Gasteiger partial charge in [-0.3, -0.25) is 9.89 Å². The number of carbonyl (C=O) groups excluding carboxylic acids is 1. The molecule has 23 heavy (non-hydrogen) atoms. The van der Waals surface area contributed by atoms with Crippen molar-refractivity contribution in [2.24, 2.45) is 0 Å². The van der Waals surface area contributed by atoms with Crippen LogP contribution in [0, 0.1) is 0 Å². The van der Waals surface area contributed by atoms with Crippen molar-refractivity contribution < 1.29 is 4.79 Å². The van der Waals surface area contributed by atoms with Gasteiger partial charge < -0.3 is 5.32 Å². The lowest BCUT2D eigenvalue weighted by Crippen LogP contribution is -2.12. The quantitative estimate of drug-likeness (QED) is 0.675. The molecule has 0 radical (unpaired) electrons. The van der Waals surface area contributed by atoms with Crippen LogP contribution in [-0.4, -0.2) is 22.4 Å². The standard InChI is InChI=1S/C17H14ClN3OS/c1-23-12-7-8-14(18)13(9-12)17(22)19-16-10-15(20-21-16)11-5-3-2-4-6-11/h2-10H,1H3,(H2,19,20,21,22). The van der Waals surface area contributed by atoms with Gasteiger partial charge in [-0.1, -0.05) is 41.9 Å². The van der Waals surface area contributed by atoms with E-state index >= 15 is 0 Å². The van der Waals surface area contributed by atoms with Crippen molar-refractivity contribution in [1.29, 1.82) is 0 Å². The highest BCUT2D eigenvalue weighted by Gasteiger charge is 2.13. The Bertz CT molecular complexity index is 833. The van der Waals surface area contributed by atoms with Crippen LogP contribution in [0.5, 0.6) is 0 Å². The van der Waals surface area contributed by atoms with Gasteiger partial charge in [0.2, 0.25) is 0 Å². The Morgan fingerprint density at radius 3 is 2.70 bits per heavy atom. The Balaban J connectivity index is 1.80. The van der Waals surface area contributed by atoms with Gasteiger partial charge in [0.15, 0.2) is 5.82 Å². The highest BCUT2D eigenvalue weighted by atomic mass is 35.5. The minimum absolute atomic E-state index is 0.281. The number of hydrogen-bond donors (Lipinski definition) is 2. The third-order valence-corrected chi connectivity index (χ3v) is 4.38. The lowest BCUT2D eigenvalue weighted by molar-refractivity contribution is 0.102. The van der Waals surface area contributed by atoms with Gasteiger partial charge in [-0.2, -0.15) is 5.10 Å². The molecule has 0 unspecified atom stereocenters. The number of hydrogen-bond acceptors (Lipinski definition) is 3. The number of rotatable bonds is 4. The van der Waals surface area contributed by atoms with Crippen LogP contribution in [0.25, 0.3) is 11.3 Å². The van der Waals surface area contributed by atoms with E-state index in [1.807, 2.05) is 42.7 Å². The second-order valence-corrected chi connectivity index (χ2v) is 6.12. The van der Waals surface area contributed by atoms with Crippen LogP contribution in [0.15, 0.2) is 59.5 Å². The molecule has 6 heteroatoms. The van der Waals surface area contributed by atoms with Gasteiger partial charge in [-0.15, -0.1) is 11.8 Å². The smallest absolute Gasteiger partial charge is 0.258 e. The number of amides is 1. The van der Waals surface area contributed by atoms with Crippen molar-refractivity contribution in [2.45, 2.75) is 4.90 Å². The number of halogens is 1. The van der Waals surface area contributed by atoms with Gasteiger partial charge in [-0.05, 0) is 30.0 Å². The summed E-state index contributed by atoms with van der Waals surface area (Å²) in [5, 5.41) is 10.2. The number of benzene rings is 2. The average molecular weight is 344 g/mol. The fraction of sp³-hybridized carbons (Fsp3) is 0.0588. The maximum absolute atomic E-state index is 12.4. The van der Waals surface area contributed by atoms with E-state index in [1.165, 1.54) is 0 Å². The van der Waals surface area contributed by atoms with E-state index < -0.39 is 0 Å². The SMILES string of the molecule is CSc1ccc(Cl)c(C(=O)Nc2cc(-c3ccccc3)[nH]n2)c1. The third kappa shape index (κ3) is 3.57. The maximum Gasteiger partial charge on any atom is 0.258 e. The van der Waals surface area contributed by atoms with Crippen LogP contribution >= 0.6 is 23.4 Å². The zero-order valence-corrected chi connectivity index (χ0v) is 13.9. The molecule has 4 nitrogen and oxygen atoms in total. The van der Waals surface area contributed by atoms with Crippen molar-refractivity contribution in [3.05, 3.63) is 65.2 Å². The predicted molar refractivity (Wildman–Crippen MR) is 95.2 cm³/mol. The highest BCUT2D eigenvalue weighted by molar-refractivity contribution is 7.98. The van der Waals surface area contributed by atoms with E-state index in [9.17, 15) is 4.79 Å². The van der Waals surface area contributed by atoms with Crippen LogP contribution in [0.4, 0.5) is 5.82 Å². The monoisotopic (exact) mass is 343 g/mol. The summed E-state index contributed by atoms with van der Waals surface area (Å²) < 4.78 is 0. The van der Waals surface area contributed by atoms with Gasteiger partial charge in [0.05, 0.1) is 16.3 Å². The zero-order valence-electron chi connectivity index (χ0n) is 12.3. The molecule has 2 aromatic carbocycles.